The maximum Gasteiger partial charge on any atom is 0.223 e. The lowest BCUT2D eigenvalue weighted by atomic mass is 9.76. The second-order valence-corrected chi connectivity index (χ2v) is 6.24. The molecule has 0 unspecified atom stereocenters. The zero-order chi connectivity index (χ0) is 18.0. The molecule has 0 aromatic heterocycles. The summed E-state index contributed by atoms with van der Waals surface area (Å²) < 4.78 is 0. The number of carbonyl (C=O) groups is 1. The third kappa shape index (κ3) is 5.55. The zero-order valence-corrected chi connectivity index (χ0v) is 15.7. The Bertz CT molecular complexity index is 521. The summed E-state index contributed by atoms with van der Waals surface area (Å²) in [5.74, 6) is 0.850. The molecule has 5 heteroatoms. The first kappa shape index (κ1) is 20.0. The highest BCUT2D eigenvalue weighted by atomic mass is 16.2. The van der Waals surface area contributed by atoms with Gasteiger partial charge in [-0.05, 0) is 18.4 Å². The average molecular weight is 332 g/mol. The maximum atomic E-state index is 11.6. The molecule has 24 heavy (non-hydrogen) atoms. The minimum Gasteiger partial charge on any atom is -0.356 e. The van der Waals surface area contributed by atoms with Crippen molar-refractivity contribution in [3.05, 3.63) is 35.9 Å². The summed E-state index contributed by atoms with van der Waals surface area (Å²) in [5, 5.41) is 6.65. The zero-order valence-electron chi connectivity index (χ0n) is 15.7. The quantitative estimate of drug-likeness (QED) is 0.568. The Balaban J connectivity index is 2.63. The molecular weight excluding hydrogens is 300 g/mol. The summed E-state index contributed by atoms with van der Waals surface area (Å²) in [6.45, 7) is 5.84. The molecule has 1 aromatic carbocycles. The summed E-state index contributed by atoms with van der Waals surface area (Å²) in [4.78, 5) is 17.5. The van der Waals surface area contributed by atoms with Crippen LogP contribution in [0.15, 0.2) is 35.3 Å². The Kier molecular flexibility index (Phi) is 8.30. The van der Waals surface area contributed by atoms with Crippen LogP contribution in [-0.2, 0) is 10.2 Å². The number of nitrogens with zero attached hydrogens (tertiary/aromatic N) is 2. The molecule has 1 amide bonds. The topological polar surface area (TPSA) is 56.7 Å². The van der Waals surface area contributed by atoms with Gasteiger partial charge in [-0.3, -0.25) is 9.79 Å². The van der Waals surface area contributed by atoms with Gasteiger partial charge in [-0.2, -0.15) is 0 Å². The van der Waals surface area contributed by atoms with Gasteiger partial charge in [0.2, 0.25) is 5.91 Å². The third-order valence-electron chi connectivity index (χ3n) is 4.69. The molecule has 5 nitrogen and oxygen atoms in total. The lowest BCUT2D eigenvalue weighted by Crippen LogP contribution is -2.46. The van der Waals surface area contributed by atoms with E-state index in [4.69, 9.17) is 0 Å². The Morgan fingerprint density at radius 2 is 1.75 bits per heavy atom. The SMILES string of the molecule is CCC(CC)(CNC(=NC)NCCC(=O)N(C)C)c1ccccc1. The van der Waals surface area contributed by atoms with Crippen molar-refractivity contribution in [1.82, 2.24) is 15.5 Å². The van der Waals surface area contributed by atoms with Gasteiger partial charge in [0.15, 0.2) is 5.96 Å². The van der Waals surface area contributed by atoms with Crippen LogP contribution < -0.4 is 10.6 Å². The standard InChI is InChI=1S/C19H32N4O/c1-6-19(7-2,16-11-9-8-10-12-16)15-22-18(20-3)21-14-13-17(24)23(4)5/h8-12H,6-7,13-15H2,1-5H3,(H2,20,21,22). The normalized spacial score (nSPS) is 12.0. The van der Waals surface area contributed by atoms with Crippen LogP contribution in [0, 0.1) is 0 Å². The van der Waals surface area contributed by atoms with Gasteiger partial charge >= 0.3 is 0 Å². The molecule has 0 aliphatic heterocycles. The highest BCUT2D eigenvalue weighted by Gasteiger charge is 2.28. The predicted molar refractivity (Wildman–Crippen MR) is 101 cm³/mol. The van der Waals surface area contributed by atoms with E-state index < -0.39 is 0 Å². The van der Waals surface area contributed by atoms with E-state index in [0.717, 1.165) is 25.3 Å². The minimum absolute atomic E-state index is 0.0817. The molecule has 0 fully saturated rings. The van der Waals surface area contributed by atoms with Crippen molar-refractivity contribution in [3.63, 3.8) is 0 Å². The second kappa shape index (κ2) is 9.96. The molecule has 0 heterocycles. The maximum absolute atomic E-state index is 11.6. The molecule has 0 atom stereocenters. The summed E-state index contributed by atoms with van der Waals surface area (Å²) in [6.07, 6.45) is 2.56. The fourth-order valence-corrected chi connectivity index (χ4v) is 2.79. The fraction of sp³-hybridized carbons (Fsp3) is 0.579. The van der Waals surface area contributed by atoms with Crippen molar-refractivity contribution in [1.29, 1.82) is 0 Å². The number of hydrogen-bond donors (Lipinski definition) is 2. The van der Waals surface area contributed by atoms with E-state index in [-0.39, 0.29) is 11.3 Å². The summed E-state index contributed by atoms with van der Waals surface area (Å²) in [6, 6.07) is 10.6. The van der Waals surface area contributed by atoms with Gasteiger partial charge in [0.05, 0.1) is 0 Å². The number of carbonyl (C=O) groups excluding carboxylic acids is 1. The van der Waals surface area contributed by atoms with E-state index in [1.807, 2.05) is 0 Å². The average Bonchev–Trinajstić information content (AvgIpc) is 2.61. The van der Waals surface area contributed by atoms with E-state index in [2.05, 4.69) is 59.8 Å². The van der Waals surface area contributed by atoms with Crippen molar-refractivity contribution >= 4 is 11.9 Å². The molecule has 0 aliphatic rings. The second-order valence-electron chi connectivity index (χ2n) is 6.24. The van der Waals surface area contributed by atoms with Gasteiger partial charge in [-0.1, -0.05) is 44.2 Å². The van der Waals surface area contributed by atoms with E-state index in [1.165, 1.54) is 5.56 Å². The number of hydrogen-bond acceptors (Lipinski definition) is 2. The van der Waals surface area contributed by atoms with Crippen LogP contribution in [0.4, 0.5) is 0 Å². The molecule has 0 saturated carbocycles. The Labute approximate surface area is 146 Å². The van der Waals surface area contributed by atoms with Crippen LogP contribution in [-0.4, -0.2) is 51.0 Å². The monoisotopic (exact) mass is 332 g/mol. The van der Waals surface area contributed by atoms with Gasteiger partial charge in [0.25, 0.3) is 0 Å². The summed E-state index contributed by atoms with van der Waals surface area (Å²) in [7, 11) is 5.30. The van der Waals surface area contributed by atoms with Crippen LogP contribution in [0.3, 0.4) is 0 Å². The van der Waals surface area contributed by atoms with Crippen LogP contribution in [0.5, 0.6) is 0 Å². The van der Waals surface area contributed by atoms with Crippen LogP contribution >= 0.6 is 0 Å². The number of guanidine groups is 1. The van der Waals surface area contributed by atoms with E-state index >= 15 is 0 Å². The predicted octanol–water partition coefficient (Wildman–Crippen LogP) is 2.39. The first-order chi connectivity index (χ1) is 11.5. The van der Waals surface area contributed by atoms with E-state index in [9.17, 15) is 4.79 Å². The highest BCUT2D eigenvalue weighted by Crippen LogP contribution is 2.30. The molecule has 2 N–H and O–H groups in total. The van der Waals surface area contributed by atoms with Crippen LogP contribution in [0.1, 0.15) is 38.7 Å². The highest BCUT2D eigenvalue weighted by molar-refractivity contribution is 5.81. The van der Waals surface area contributed by atoms with Gasteiger partial charge in [-0.15, -0.1) is 0 Å². The first-order valence-electron chi connectivity index (χ1n) is 8.69. The Morgan fingerprint density at radius 3 is 2.25 bits per heavy atom. The first-order valence-corrected chi connectivity index (χ1v) is 8.69. The smallest absolute Gasteiger partial charge is 0.223 e. The van der Waals surface area contributed by atoms with E-state index in [1.54, 1.807) is 26.0 Å². The molecule has 0 radical (unpaired) electrons. The molecule has 0 aliphatic carbocycles. The Morgan fingerprint density at radius 1 is 1.12 bits per heavy atom. The molecule has 0 bridgehead atoms. The van der Waals surface area contributed by atoms with Gasteiger partial charge in [0.1, 0.15) is 0 Å². The van der Waals surface area contributed by atoms with Gasteiger partial charge in [-0.25, -0.2) is 0 Å². The van der Waals surface area contributed by atoms with Crippen molar-refractivity contribution in [2.75, 3.05) is 34.2 Å². The van der Waals surface area contributed by atoms with Gasteiger partial charge in [0, 0.05) is 46.1 Å². The number of rotatable bonds is 8. The fourth-order valence-electron chi connectivity index (χ4n) is 2.79. The lowest BCUT2D eigenvalue weighted by molar-refractivity contribution is -0.128. The van der Waals surface area contributed by atoms with Crippen molar-refractivity contribution in [2.45, 2.75) is 38.5 Å². The number of benzene rings is 1. The lowest BCUT2D eigenvalue weighted by Gasteiger charge is -2.33. The van der Waals surface area contributed by atoms with Crippen LogP contribution in [0.2, 0.25) is 0 Å². The Hall–Kier alpha value is -2.04. The third-order valence-corrected chi connectivity index (χ3v) is 4.69. The number of amides is 1. The van der Waals surface area contributed by atoms with Crippen molar-refractivity contribution in [3.8, 4) is 0 Å². The van der Waals surface area contributed by atoms with Gasteiger partial charge < -0.3 is 15.5 Å². The summed E-state index contributed by atoms with van der Waals surface area (Å²) >= 11 is 0. The molecule has 1 aromatic rings. The minimum atomic E-state index is 0.0817. The molecule has 134 valence electrons. The number of nitrogens with one attached hydrogen (secondary N) is 2. The largest absolute Gasteiger partial charge is 0.356 e. The van der Waals surface area contributed by atoms with Crippen molar-refractivity contribution < 1.29 is 4.79 Å². The molecule has 1 rings (SSSR count). The van der Waals surface area contributed by atoms with Crippen molar-refractivity contribution in [2.24, 2.45) is 4.99 Å². The summed E-state index contributed by atoms with van der Waals surface area (Å²) in [5.41, 5.74) is 1.43. The molecule has 0 saturated heterocycles. The van der Waals surface area contributed by atoms with E-state index in [0.29, 0.717) is 13.0 Å². The van der Waals surface area contributed by atoms with Crippen LogP contribution in [0.25, 0.3) is 0 Å². The number of aliphatic imine (C=N–C) groups is 1. The molecular formula is C19H32N4O. The molecule has 0 spiro atoms.